The molecule has 1 fully saturated rings. The maximum absolute atomic E-state index is 6.00. The zero-order valence-electron chi connectivity index (χ0n) is 19.1. The Bertz CT molecular complexity index is 1040. The van der Waals surface area contributed by atoms with Gasteiger partial charge in [-0.3, -0.25) is 4.90 Å². The molecule has 0 spiro atoms. The molecule has 0 N–H and O–H groups in total. The SMILES string of the molecule is Cc1nc2c(c(N(Cc3ccc(C)o3)CC3CCCO3)n1)CN(Cc1ccccc1)CC2. The first kappa shape index (κ1) is 21.2. The van der Waals surface area contributed by atoms with Gasteiger partial charge in [0.2, 0.25) is 0 Å². The average molecular weight is 433 g/mol. The minimum Gasteiger partial charge on any atom is -0.464 e. The maximum atomic E-state index is 6.00. The molecule has 0 bridgehead atoms. The summed E-state index contributed by atoms with van der Waals surface area (Å²) >= 11 is 0. The van der Waals surface area contributed by atoms with Crippen LogP contribution in [0.1, 0.15) is 47.0 Å². The Balaban J connectivity index is 1.44. The molecule has 0 amide bonds. The fourth-order valence-corrected chi connectivity index (χ4v) is 4.83. The molecule has 0 saturated carbocycles. The molecule has 4 heterocycles. The van der Waals surface area contributed by atoms with Crippen LogP contribution in [-0.4, -0.2) is 40.7 Å². The van der Waals surface area contributed by atoms with Gasteiger partial charge >= 0.3 is 0 Å². The van der Waals surface area contributed by atoms with Crippen molar-refractivity contribution in [3.63, 3.8) is 0 Å². The summed E-state index contributed by atoms with van der Waals surface area (Å²) in [5, 5.41) is 0. The van der Waals surface area contributed by atoms with Gasteiger partial charge in [-0.25, -0.2) is 9.97 Å². The average Bonchev–Trinajstić information content (AvgIpc) is 3.45. The number of rotatable bonds is 7. The summed E-state index contributed by atoms with van der Waals surface area (Å²) in [6.45, 7) is 9.17. The number of hydrogen-bond acceptors (Lipinski definition) is 6. The second-order valence-electron chi connectivity index (χ2n) is 8.99. The molecule has 5 rings (SSSR count). The molecular weight excluding hydrogens is 400 g/mol. The number of aryl methyl sites for hydroxylation is 2. The minimum atomic E-state index is 0.237. The van der Waals surface area contributed by atoms with Crippen LogP contribution in [0.4, 0.5) is 5.82 Å². The fraction of sp³-hybridized carbons (Fsp3) is 0.462. The Morgan fingerprint density at radius 2 is 1.97 bits per heavy atom. The highest BCUT2D eigenvalue weighted by atomic mass is 16.5. The van der Waals surface area contributed by atoms with Crippen LogP contribution in [-0.2, 0) is 30.8 Å². The van der Waals surface area contributed by atoms with E-state index in [1.807, 2.05) is 19.9 Å². The van der Waals surface area contributed by atoms with Gasteiger partial charge in [0, 0.05) is 44.8 Å². The third-order valence-electron chi connectivity index (χ3n) is 6.37. The quantitative estimate of drug-likeness (QED) is 0.551. The molecule has 0 radical (unpaired) electrons. The largest absolute Gasteiger partial charge is 0.464 e. The Labute approximate surface area is 190 Å². The van der Waals surface area contributed by atoms with Crippen molar-refractivity contribution in [3.8, 4) is 0 Å². The van der Waals surface area contributed by atoms with Gasteiger partial charge < -0.3 is 14.1 Å². The lowest BCUT2D eigenvalue weighted by Gasteiger charge is -2.33. The number of hydrogen-bond donors (Lipinski definition) is 0. The number of nitrogens with zero attached hydrogens (tertiary/aromatic N) is 4. The summed E-state index contributed by atoms with van der Waals surface area (Å²) in [5.41, 5.74) is 3.77. The first-order valence-corrected chi connectivity index (χ1v) is 11.7. The minimum absolute atomic E-state index is 0.237. The van der Waals surface area contributed by atoms with E-state index < -0.39 is 0 Å². The van der Waals surface area contributed by atoms with Gasteiger partial charge in [-0.05, 0) is 44.4 Å². The number of aromatic nitrogens is 2. The highest BCUT2D eigenvalue weighted by Crippen LogP contribution is 2.30. The number of anilines is 1. The molecule has 3 aromatic rings. The molecule has 2 aliphatic rings. The van der Waals surface area contributed by atoms with Crippen LogP contribution in [0.15, 0.2) is 46.9 Å². The van der Waals surface area contributed by atoms with Crippen molar-refractivity contribution < 1.29 is 9.15 Å². The monoisotopic (exact) mass is 432 g/mol. The summed E-state index contributed by atoms with van der Waals surface area (Å²) in [6, 6.07) is 14.8. The van der Waals surface area contributed by atoms with Crippen molar-refractivity contribution >= 4 is 5.82 Å². The Kier molecular flexibility index (Phi) is 6.23. The van der Waals surface area contributed by atoms with Gasteiger partial charge in [-0.2, -0.15) is 0 Å². The van der Waals surface area contributed by atoms with E-state index in [0.29, 0.717) is 6.54 Å². The van der Waals surface area contributed by atoms with Crippen LogP contribution in [0.5, 0.6) is 0 Å². The van der Waals surface area contributed by atoms with Gasteiger partial charge in [0.05, 0.1) is 18.3 Å². The van der Waals surface area contributed by atoms with Crippen molar-refractivity contribution in [3.05, 3.63) is 76.6 Å². The predicted molar refractivity (Wildman–Crippen MR) is 124 cm³/mol. The Morgan fingerprint density at radius 3 is 2.72 bits per heavy atom. The van der Waals surface area contributed by atoms with E-state index in [1.165, 1.54) is 16.8 Å². The van der Waals surface area contributed by atoms with Gasteiger partial charge in [0.25, 0.3) is 0 Å². The van der Waals surface area contributed by atoms with Crippen molar-refractivity contribution in [2.45, 2.75) is 58.8 Å². The van der Waals surface area contributed by atoms with Crippen molar-refractivity contribution in [1.29, 1.82) is 0 Å². The number of furan rings is 1. The van der Waals surface area contributed by atoms with Gasteiger partial charge in [-0.15, -0.1) is 0 Å². The van der Waals surface area contributed by atoms with Crippen LogP contribution < -0.4 is 4.90 Å². The zero-order valence-corrected chi connectivity index (χ0v) is 19.1. The second kappa shape index (κ2) is 9.43. The highest BCUT2D eigenvalue weighted by Gasteiger charge is 2.28. The van der Waals surface area contributed by atoms with Crippen molar-refractivity contribution in [2.75, 3.05) is 24.6 Å². The third kappa shape index (κ3) is 4.87. The van der Waals surface area contributed by atoms with E-state index in [0.717, 1.165) is 75.2 Å². The first-order valence-electron chi connectivity index (χ1n) is 11.7. The van der Waals surface area contributed by atoms with Crippen LogP contribution >= 0.6 is 0 Å². The first-order chi connectivity index (χ1) is 15.6. The van der Waals surface area contributed by atoms with E-state index in [4.69, 9.17) is 19.1 Å². The lowest BCUT2D eigenvalue weighted by molar-refractivity contribution is 0.115. The molecule has 2 aliphatic heterocycles. The molecule has 1 aromatic carbocycles. The normalized spacial score (nSPS) is 18.6. The molecule has 168 valence electrons. The molecule has 6 nitrogen and oxygen atoms in total. The van der Waals surface area contributed by atoms with Gasteiger partial charge in [0.15, 0.2) is 0 Å². The molecule has 1 atom stereocenters. The summed E-state index contributed by atoms with van der Waals surface area (Å²) in [6.07, 6.45) is 3.41. The zero-order chi connectivity index (χ0) is 21.9. The number of benzene rings is 1. The predicted octanol–water partition coefficient (Wildman–Crippen LogP) is 4.43. The van der Waals surface area contributed by atoms with E-state index in [1.54, 1.807) is 0 Å². The highest BCUT2D eigenvalue weighted by molar-refractivity contribution is 5.50. The van der Waals surface area contributed by atoms with Crippen molar-refractivity contribution in [1.82, 2.24) is 14.9 Å². The number of ether oxygens (including phenoxy) is 1. The van der Waals surface area contributed by atoms with Gasteiger partial charge in [-0.1, -0.05) is 30.3 Å². The standard InChI is InChI=1S/C26H32N4O2/c1-19-10-11-23(32-19)17-30(16-22-9-6-14-31-22)26-24-18-29(15-21-7-4-3-5-8-21)13-12-25(24)27-20(2)28-26/h3-5,7-8,10-11,22H,6,9,12-18H2,1-2H3. The summed E-state index contributed by atoms with van der Waals surface area (Å²) in [4.78, 5) is 14.6. The topological polar surface area (TPSA) is 54.6 Å². The lowest BCUT2D eigenvalue weighted by atomic mass is 10.0. The lowest BCUT2D eigenvalue weighted by Crippen LogP contribution is -2.37. The fourth-order valence-electron chi connectivity index (χ4n) is 4.83. The Hall–Kier alpha value is -2.70. The van der Waals surface area contributed by atoms with E-state index >= 15 is 0 Å². The van der Waals surface area contributed by atoms with E-state index in [9.17, 15) is 0 Å². The number of fused-ring (bicyclic) bond motifs is 1. The van der Waals surface area contributed by atoms with Crippen LogP contribution in [0, 0.1) is 13.8 Å². The molecule has 1 saturated heterocycles. The molecular formula is C26H32N4O2. The molecule has 0 aliphatic carbocycles. The van der Waals surface area contributed by atoms with Gasteiger partial charge in [0.1, 0.15) is 23.2 Å². The smallest absolute Gasteiger partial charge is 0.137 e. The summed E-state index contributed by atoms with van der Waals surface area (Å²) < 4.78 is 11.9. The van der Waals surface area contributed by atoms with Crippen LogP contribution in [0.2, 0.25) is 0 Å². The third-order valence-corrected chi connectivity index (χ3v) is 6.37. The summed E-state index contributed by atoms with van der Waals surface area (Å²) in [5.74, 6) is 3.77. The maximum Gasteiger partial charge on any atom is 0.137 e. The molecule has 2 aromatic heterocycles. The Morgan fingerprint density at radius 1 is 1.09 bits per heavy atom. The summed E-state index contributed by atoms with van der Waals surface area (Å²) in [7, 11) is 0. The van der Waals surface area contributed by atoms with Crippen LogP contribution in [0.25, 0.3) is 0 Å². The molecule has 1 unspecified atom stereocenters. The second-order valence-corrected chi connectivity index (χ2v) is 8.99. The van der Waals surface area contributed by atoms with E-state index in [2.05, 4.69) is 46.2 Å². The molecule has 32 heavy (non-hydrogen) atoms. The van der Waals surface area contributed by atoms with Crippen LogP contribution in [0.3, 0.4) is 0 Å². The van der Waals surface area contributed by atoms with Crippen molar-refractivity contribution in [2.24, 2.45) is 0 Å². The molecule has 6 heteroatoms. The van der Waals surface area contributed by atoms with E-state index in [-0.39, 0.29) is 6.10 Å².